The van der Waals surface area contributed by atoms with Gasteiger partial charge in [0.1, 0.15) is 0 Å². The van der Waals surface area contributed by atoms with E-state index >= 15 is 0 Å². The van der Waals surface area contributed by atoms with Gasteiger partial charge in [-0.05, 0) is 71.0 Å². The summed E-state index contributed by atoms with van der Waals surface area (Å²) >= 11 is 9.63. The smallest absolute Gasteiger partial charge is 0.285 e. The number of benzene rings is 2. The Morgan fingerprint density at radius 3 is 2.82 bits per heavy atom. The van der Waals surface area contributed by atoms with Crippen LogP contribution in [0.1, 0.15) is 22.8 Å². The van der Waals surface area contributed by atoms with Gasteiger partial charge in [0, 0.05) is 4.47 Å². The molecule has 2 amide bonds. The monoisotopic (exact) mass is 478 g/mol. The number of nitrogens with one attached hydrogen (secondary N) is 1. The Kier molecular flexibility index (Phi) is 6.38. The highest BCUT2D eigenvalue weighted by Crippen LogP contribution is 2.34. The minimum absolute atomic E-state index is 0.0206. The molecule has 2 aromatic carbocycles. The number of carbonyl (C=O) groups excluding carboxylic acids is 2. The summed E-state index contributed by atoms with van der Waals surface area (Å²) in [7, 11) is 0. The number of thioether (sulfide) groups is 1. The van der Waals surface area contributed by atoms with E-state index in [1.54, 1.807) is 42.5 Å². The number of hydrogen-bond donors (Lipinski definition) is 2. The Morgan fingerprint density at radius 1 is 1.36 bits per heavy atom. The summed E-state index contributed by atoms with van der Waals surface area (Å²) in [6.07, 6.45) is 1.63. The van der Waals surface area contributed by atoms with Crippen molar-refractivity contribution < 1.29 is 19.4 Å². The molecule has 1 aliphatic heterocycles. The lowest BCUT2D eigenvalue weighted by Crippen LogP contribution is -2.44. The molecular formula is C19H15BrN2O4S2. The minimum atomic E-state index is -0.451. The van der Waals surface area contributed by atoms with Crippen LogP contribution >= 0.6 is 39.9 Å². The van der Waals surface area contributed by atoms with Gasteiger partial charge in [0.2, 0.25) is 0 Å². The third-order valence-electron chi connectivity index (χ3n) is 3.71. The molecule has 2 aromatic rings. The Hall–Kier alpha value is -2.36. The number of nitrogens with zero attached hydrogens (tertiary/aromatic N) is 1. The van der Waals surface area contributed by atoms with Crippen LogP contribution in [-0.4, -0.2) is 32.9 Å². The first-order valence-corrected chi connectivity index (χ1v) is 10.2. The van der Waals surface area contributed by atoms with Gasteiger partial charge in [-0.25, -0.2) is 0 Å². The third-order valence-corrected chi connectivity index (χ3v) is 5.70. The van der Waals surface area contributed by atoms with Gasteiger partial charge in [-0.2, -0.15) is 5.01 Å². The van der Waals surface area contributed by atoms with Crippen LogP contribution < -0.4 is 10.2 Å². The van der Waals surface area contributed by atoms with E-state index in [2.05, 4.69) is 21.4 Å². The zero-order chi connectivity index (χ0) is 20.3. The van der Waals surface area contributed by atoms with Crippen LogP contribution in [0.4, 0.5) is 0 Å². The number of amides is 2. The average Bonchev–Trinajstić information content (AvgIpc) is 2.92. The molecule has 6 nitrogen and oxygen atoms in total. The molecule has 3 rings (SSSR count). The highest BCUT2D eigenvalue weighted by molar-refractivity contribution is 9.10. The summed E-state index contributed by atoms with van der Waals surface area (Å²) < 4.78 is 6.19. The van der Waals surface area contributed by atoms with Gasteiger partial charge in [-0.1, -0.05) is 30.0 Å². The maximum absolute atomic E-state index is 12.7. The van der Waals surface area contributed by atoms with Crippen LogP contribution in [0.2, 0.25) is 0 Å². The number of phenols is 1. The predicted octanol–water partition coefficient (Wildman–Crippen LogP) is 4.10. The van der Waals surface area contributed by atoms with Gasteiger partial charge in [-0.15, -0.1) is 0 Å². The second-order valence-corrected chi connectivity index (χ2v) is 8.13. The molecule has 1 aliphatic rings. The number of thiocarbonyl (C=S) groups is 1. The molecule has 0 radical (unpaired) electrons. The summed E-state index contributed by atoms with van der Waals surface area (Å²) in [4.78, 5) is 25.5. The lowest BCUT2D eigenvalue weighted by Gasteiger charge is -2.16. The summed E-state index contributed by atoms with van der Waals surface area (Å²) in [5, 5.41) is 10.8. The van der Waals surface area contributed by atoms with E-state index < -0.39 is 11.8 Å². The first kappa shape index (κ1) is 20.4. The fraction of sp³-hybridized carbons (Fsp3) is 0.105. The molecule has 0 aromatic heterocycles. The topological polar surface area (TPSA) is 78.9 Å². The van der Waals surface area contributed by atoms with Crippen molar-refractivity contribution in [3.05, 3.63) is 63.0 Å². The van der Waals surface area contributed by atoms with Crippen molar-refractivity contribution in [3.8, 4) is 11.5 Å². The van der Waals surface area contributed by atoms with Crippen molar-refractivity contribution in [1.29, 1.82) is 0 Å². The number of halogens is 1. The highest BCUT2D eigenvalue weighted by Gasteiger charge is 2.34. The molecule has 1 fully saturated rings. The fourth-order valence-corrected chi connectivity index (χ4v) is 4.06. The summed E-state index contributed by atoms with van der Waals surface area (Å²) in [5.41, 5.74) is 3.59. The molecule has 0 unspecified atom stereocenters. The number of carbonyl (C=O) groups is 2. The van der Waals surface area contributed by atoms with Gasteiger partial charge in [0.25, 0.3) is 11.8 Å². The number of phenolic OH excluding ortho intramolecular Hbond substituents is 1. The van der Waals surface area contributed by atoms with Crippen LogP contribution in [-0.2, 0) is 4.79 Å². The Bertz CT molecular complexity index is 994. The van der Waals surface area contributed by atoms with Crippen molar-refractivity contribution in [2.24, 2.45) is 0 Å². The molecule has 144 valence electrons. The standard InChI is InChI=1S/C19H15BrN2O4S2/c1-2-26-15-9-11(7-8-14(15)23)10-16-18(25)22(19(27)28-16)21-17(24)12-5-3-4-6-13(12)20/h3-10,23H,2H2,1H3,(H,21,24)/b16-10-. The molecule has 0 atom stereocenters. The molecule has 0 spiro atoms. The molecule has 0 saturated carbocycles. The summed E-state index contributed by atoms with van der Waals surface area (Å²) in [6.45, 7) is 2.21. The van der Waals surface area contributed by atoms with E-state index in [-0.39, 0.29) is 10.1 Å². The van der Waals surface area contributed by atoms with Gasteiger partial charge in [0.15, 0.2) is 15.8 Å². The molecular weight excluding hydrogens is 464 g/mol. The molecule has 28 heavy (non-hydrogen) atoms. The molecule has 0 aliphatic carbocycles. The van der Waals surface area contributed by atoms with E-state index in [4.69, 9.17) is 17.0 Å². The van der Waals surface area contributed by atoms with Crippen LogP contribution in [0.5, 0.6) is 11.5 Å². The Labute approximate surface area is 179 Å². The highest BCUT2D eigenvalue weighted by atomic mass is 79.9. The van der Waals surface area contributed by atoms with E-state index in [0.717, 1.165) is 16.8 Å². The molecule has 1 saturated heterocycles. The van der Waals surface area contributed by atoms with Gasteiger partial charge in [-0.3, -0.25) is 15.0 Å². The van der Waals surface area contributed by atoms with Crippen molar-refractivity contribution >= 4 is 62.1 Å². The van der Waals surface area contributed by atoms with Crippen LogP contribution in [0.25, 0.3) is 6.08 Å². The van der Waals surface area contributed by atoms with E-state index in [9.17, 15) is 14.7 Å². The lowest BCUT2D eigenvalue weighted by molar-refractivity contribution is -0.123. The Balaban J connectivity index is 1.80. The SMILES string of the molecule is CCOc1cc(/C=C2\SC(=S)N(NC(=O)c3ccccc3Br)C2=O)ccc1O. The van der Waals surface area contributed by atoms with Crippen LogP contribution in [0, 0.1) is 0 Å². The maximum atomic E-state index is 12.7. The van der Waals surface area contributed by atoms with Gasteiger partial charge < -0.3 is 9.84 Å². The number of ether oxygens (including phenoxy) is 1. The van der Waals surface area contributed by atoms with E-state index in [1.165, 1.54) is 6.07 Å². The van der Waals surface area contributed by atoms with Crippen molar-refractivity contribution in [1.82, 2.24) is 10.4 Å². The minimum Gasteiger partial charge on any atom is -0.504 e. The molecule has 1 heterocycles. The van der Waals surface area contributed by atoms with Crippen molar-refractivity contribution in [2.45, 2.75) is 6.92 Å². The second-order valence-electron chi connectivity index (χ2n) is 5.60. The molecule has 2 N–H and O–H groups in total. The third kappa shape index (κ3) is 4.37. The zero-order valence-corrected chi connectivity index (χ0v) is 17.9. The number of rotatable bonds is 5. The summed E-state index contributed by atoms with van der Waals surface area (Å²) in [6, 6.07) is 11.7. The van der Waals surface area contributed by atoms with Gasteiger partial charge in [0.05, 0.1) is 17.1 Å². The maximum Gasteiger partial charge on any atom is 0.285 e. The van der Waals surface area contributed by atoms with E-state index in [0.29, 0.717) is 32.9 Å². The summed E-state index contributed by atoms with van der Waals surface area (Å²) in [5.74, 6) is -0.532. The molecule has 0 bridgehead atoms. The largest absolute Gasteiger partial charge is 0.504 e. The first-order valence-electron chi connectivity index (χ1n) is 8.20. The normalized spacial score (nSPS) is 15.2. The fourth-order valence-electron chi connectivity index (χ4n) is 2.41. The Morgan fingerprint density at radius 2 is 2.11 bits per heavy atom. The van der Waals surface area contributed by atoms with Crippen LogP contribution in [0.15, 0.2) is 51.8 Å². The second kappa shape index (κ2) is 8.76. The first-order chi connectivity index (χ1) is 13.4. The molecule has 9 heteroatoms. The quantitative estimate of drug-likeness (QED) is 0.497. The van der Waals surface area contributed by atoms with Crippen molar-refractivity contribution in [2.75, 3.05) is 6.61 Å². The zero-order valence-electron chi connectivity index (χ0n) is 14.6. The lowest BCUT2D eigenvalue weighted by atomic mass is 10.2. The number of aromatic hydroxyl groups is 1. The van der Waals surface area contributed by atoms with Crippen LogP contribution in [0.3, 0.4) is 0 Å². The van der Waals surface area contributed by atoms with Crippen molar-refractivity contribution in [3.63, 3.8) is 0 Å². The average molecular weight is 479 g/mol. The van der Waals surface area contributed by atoms with E-state index in [1.807, 2.05) is 6.92 Å². The number of hydrazine groups is 1. The number of hydrogen-bond acceptors (Lipinski definition) is 6. The van der Waals surface area contributed by atoms with Gasteiger partial charge >= 0.3 is 0 Å². The predicted molar refractivity (Wildman–Crippen MR) is 116 cm³/mol.